The van der Waals surface area contributed by atoms with Crippen LogP contribution in [0.3, 0.4) is 0 Å². The third-order valence-electron chi connectivity index (χ3n) is 4.82. The van der Waals surface area contributed by atoms with Crippen molar-refractivity contribution in [2.45, 2.75) is 47.0 Å². The Balaban J connectivity index is 2.09. The molecular weight excluding hydrogens is 170 g/mol. The first-order valence-corrected chi connectivity index (χ1v) is 5.86. The smallest absolute Gasteiger partial charge is 0.0695 e. The molecule has 0 spiro atoms. The lowest BCUT2D eigenvalue weighted by Crippen LogP contribution is -2.28. The Morgan fingerprint density at radius 2 is 1.93 bits per heavy atom. The van der Waals surface area contributed by atoms with Crippen molar-refractivity contribution >= 4 is 0 Å². The van der Waals surface area contributed by atoms with E-state index in [1.165, 1.54) is 6.42 Å². The molecule has 0 heterocycles. The molecule has 0 amide bonds. The van der Waals surface area contributed by atoms with E-state index in [0.717, 1.165) is 30.6 Å². The summed E-state index contributed by atoms with van der Waals surface area (Å²) in [4.78, 5) is 0. The number of rotatable bonds is 3. The molecule has 0 radical (unpaired) electrons. The second-order valence-electron chi connectivity index (χ2n) is 6.17. The first kappa shape index (κ1) is 10.0. The van der Waals surface area contributed by atoms with Gasteiger partial charge in [-0.15, -0.1) is 0 Å². The normalized spacial score (nSPS) is 34.0. The molecule has 2 aliphatic rings. The SMILES string of the molecule is CC(C)C1CC1C(C)(C)C1(C#N)CC1. The Kier molecular flexibility index (Phi) is 1.97. The maximum absolute atomic E-state index is 9.24. The van der Waals surface area contributed by atoms with E-state index in [4.69, 9.17) is 0 Å². The van der Waals surface area contributed by atoms with Crippen molar-refractivity contribution in [1.82, 2.24) is 0 Å². The zero-order valence-electron chi connectivity index (χ0n) is 9.80. The Morgan fingerprint density at radius 1 is 1.36 bits per heavy atom. The highest BCUT2D eigenvalue weighted by Crippen LogP contribution is 2.68. The van der Waals surface area contributed by atoms with Crippen molar-refractivity contribution in [3.63, 3.8) is 0 Å². The van der Waals surface area contributed by atoms with E-state index < -0.39 is 0 Å². The lowest BCUT2D eigenvalue weighted by Gasteiger charge is -2.31. The molecule has 0 aromatic heterocycles. The Hall–Kier alpha value is -0.510. The van der Waals surface area contributed by atoms with Crippen LogP contribution in [0.25, 0.3) is 0 Å². The molecular formula is C13H21N. The molecule has 2 unspecified atom stereocenters. The molecule has 0 aromatic rings. The molecule has 1 heteroatoms. The minimum atomic E-state index is 0.0430. The Bertz CT molecular complexity index is 278. The monoisotopic (exact) mass is 191 g/mol. The quantitative estimate of drug-likeness (QED) is 0.668. The maximum atomic E-state index is 9.24. The van der Waals surface area contributed by atoms with Crippen LogP contribution in [0.4, 0.5) is 0 Å². The van der Waals surface area contributed by atoms with Crippen molar-refractivity contribution in [1.29, 1.82) is 5.26 Å². The zero-order valence-corrected chi connectivity index (χ0v) is 9.80. The predicted molar refractivity (Wildman–Crippen MR) is 57.5 cm³/mol. The van der Waals surface area contributed by atoms with Gasteiger partial charge in [-0.3, -0.25) is 0 Å². The van der Waals surface area contributed by atoms with Crippen LogP contribution in [-0.4, -0.2) is 0 Å². The van der Waals surface area contributed by atoms with Gasteiger partial charge in [0, 0.05) is 0 Å². The van der Waals surface area contributed by atoms with Gasteiger partial charge >= 0.3 is 0 Å². The number of hydrogen-bond donors (Lipinski definition) is 0. The van der Waals surface area contributed by atoms with Gasteiger partial charge in [-0.05, 0) is 42.4 Å². The summed E-state index contributed by atoms with van der Waals surface area (Å²) in [5.74, 6) is 2.49. The molecule has 78 valence electrons. The number of hydrogen-bond acceptors (Lipinski definition) is 1. The number of nitriles is 1. The van der Waals surface area contributed by atoms with Crippen LogP contribution >= 0.6 is 0 Å². The molecule has 0 aliphatic heterocycles. The van der Waals surface area contributed by atoms with Crippen LogP contribution in [-0.2, 0) is 0 Å². The zero-order chi connectivity index (χ0) is 10.6. The summed E-state index contributed by atoms with van der Waals surface area (Å²) >= 11 is 0. The fourth-order valence-electron chi connectivity index (χ4n) is 3.16. The molecule has 1 nitrogen and oxygen atoms in total. The second kappa shape index (κ2) is 2.75. The standard InChI is InChI=1S/C13H21N/c1-9(2)10-7-11(10)12(3,4)13(8-14)5-6-13/h9-11H,5-7H2,1-4H3. The largest absolute Gasteiger partial charge is 0.198 e. The van der Waals surface area contributed by atoms with E-state index in [9.17, 15) is 5.26 Å². The Labute approximate surface area is 87.5 Å². The predicted octanol–water partition coefficient (Wildman–Crippen LogP) is 3.61. The van der Waals surface area contributed by atoms with Gasteiger partial charge in [0.05, 0.1) is 11.5 Å². The summed E-state index contributed by atoms with van der Waals surface area (Å²) < 4.78 is 0. The van der Waals surface area contributed by atoms with E-state index in [1.54, 1.807) is 0 Å². The number of nitrogens with zero attached hydrogens (tertiary/aromatic N) is 1. The summed E-state index contributed by atoms with van der Waals surface area (Å²) in [6, 6.07) is 2.57. The third kappa shape index (κ3) is 1.20. The molecule has 0 saturated heterocycles. The van der Waals surface area contributed by atoms with Gasteiger partial charge in [0.15, 0.2) is 0 Å². The fraction of sp³-hybridized carbons (Fsp3) is 0.923. The first-order chi connectivity index (χ1) is 6.44. The van der Waals surface area contributed by atoms with Crippen molar-refractivity contribution in [2.75, 3.05) is 0 Å². The minimum absolute atomic E-state index is 0.0430. The van der Waals surface area contributed by atoms with E-state index in [1.807, 2.05) is 0 Å². The van der Waals surface area contributed by atoms with Crippen molar-refractivity contribution in [3.05, 3.63) is 0 Å². The molecule has 2 aliphatic carbocycles. The van der Waals surface area contributed by atoms with Crippen LogP contribution in [0.2, 0.25) is 0 Å². The van der Waals surface area contributed by atoms with Gasteiger partial charge in [-0.1, -0.05) is 27.7 Å². The molecule has 2 rings (SSSR count). The molecule has 2 atom stereocenters. The van der Waals surface area contributed by atoms with Crippen molar-refractivity contribution in [2.24, 2.45) is 28.6 Å². The van der Waals surface area contributed by atoms with Crippen LogP contribution in [0.15, 0.2) is 0 Å². The van der Waals surface area contributed by atoms with Crippen LogP contribution in [0.1, 0.15) is 47.0 Å². The first-order valence-electron chi connectivity index (χ1n) is 5.86. The van der Waals surface area contributed by atoms with Crippen LogP contribution in [0.5, 0.6) is 0 Å². The van der Waals surface area contributed by atoms with E-state index >= 15 is 0 Å². The second-order valence-corrected chi connectivity index (χ2v) is 6.17. The molecule has 2 saturated carbocycles. The maximum Gasteiger partial charge on any atom is 0.0695 e. The highest BCUT2D eigenvalue weighted by Gasteiger charge is 2.63. The van der Waals surface area contributed by atoms with Gasteiger partial charge < -0.3 is 0 Å². The summed E-state index contributed by atoms with van der Waals surface area (Å²) in [6.45, 7) is 9.26. The van der Waals surface area contributed by atoms with E-state index in [0.29, 0.717) is 0 Å². The Morgan fingerprint density at radius 3 is 2.21 bits per heavy atom. The molecule has 2 fully saturated rings. The van der Waals surface area contributed by atoms with Gasteiger partial charge in [0.25, 0.3) is 0 Å². The van der Waals surface area contributed by atoms with Gasteiger partial charge in [-0.2, -0.15) is 5.26 Å². The van der Waals surface area contributed by atoms with E-state index in [2.05, 4.69) is 33.8 Å². The molecule has 0 aromatic carbocycles. The third-order valence-corrected chi connectivity index (χ3v) is 4.82. The van der Waals surface area contributed by atoms with E-state index in [-0.39, 0.29) is 10.8 Å². The average molecular weight is 191 g/mol. The highest BCUT2D eigenvalue weighted by atomic mass is 14.7. The van der Waals surface area contributed by atoms with Crippen molar-refractivity contribution in [3.8, 4) is 6.07 Å². The topological polar surface area (TPSA) is 23.8 Å². The molecule has 14 heavy (non-hydrogen) atoms. The summed E-state index contributed by atoms with van der Waals surface area (Å²) in [5, 5.41) is 9.24. The van der Waals surface area contributed by atoms with Crippen LogP contribution < -0.4 is 0 Å². The average Bonchev–Trinajstić information content (AvgIpc) is 2.99. The van der Waals surface area contributed by atoms with Crippen molar-refractivity contribution < 1.29 is 0 Å². The summed E-state index contributed by atoms with van der Waals surface area (Å²) in [6.07, 6.45) is 3.63. The lowest BCUT2D eigenvalue weighted by molar-refractivity contribution is 0.183. The summed E-state index contributed by atoms with van der Waals surface area (Å²) in [5.41, 5.74) is 0.304. The highest BCUT2D eigenvalue weighted by molar-refractivity contribution is 5.20. The molecule has 0 N–H and O–H groups in total. The van der Waals surface area contributed by atoms with Gasteiger partial charge in [0.1, 0.15) is 0 Å². The molecule has 0 bridgehead atoms. The fourth-order valence-corrected chi connectivity index (χ4v) is 3.16. The van der Waals surface area contributed by atoms with Crippen LogP contribution in [0, 0.1) is 39.9 Å². The minimum Gasteiger partial charge on any atom is -0.198 e. The summed E-state index contributed by atoms with van der Waals surface area (Å²) in [7, 11) is 0. The lowest BCUT2D eigenvalue weighted by atomic mass is 9.71. The van der Waals surface area contributed by atoms with Gasteiger partial charge in [0.2, 0.25) is 0 Å². The van der Waals surface area contributed by atoms with Gasteiger partial charge in [-0.25, -0.2) is 0 Å².